The van der Waals surface area contributed by atoms with Crippen LogP contribution in [0, 0.1) is 0 Å². The first kappa shape index (κ1) is 21.3. The first-order valence-electron chi connectivity index (χ1n) is 11.6. The van der Waals surface area contributed by atoms with Gasteiger partial charge >= 0.3 is 0 Å². The zero-order valence-corrected chi connectivity index (χ0v) is 18.9. The highest BCUT2D eigenvalue weighted by atomic mass is 16.5. The average Bonchev–Trinajstić information content (AvgIpc) is 3.56. The van der Waals surface area contributed by atoms with Crippen molar-refractivity contribution >= 4 is 12.0 Å². The Morgan fingerprint density at radius 1 is 1.09 bits per heavy atom. The van der Waals surface area contributed by atoms with Crippen molar-refractivity contribution in [2.24, 2.45) is 0 Å². The molecule has 0 spiro atoms. The Morgan fingerprint density at radius 3 is 2.64 bits per heavy atom. The number of piperidine rings is 1. The van der Waals surface area contributed by atoms with E-state index in [1.807, 2.05) is 47.2 Å². The number of methoxy groups -OCH3 is 1. The molecule has 0 radical (unpaired) electrons. The summed E-state index contributed by atoms with van der Waals surface area (Å²) < 4.78 is 13.8. The molecule has 2 fully saturated rings. The standard InChI is InChI=1S/C27H29N3O3/c1-32-25-11-8-20(16-26(25)33-24-4-2-3-5-24)22-15-21(27(31)29-17-22)14-19-6-9-23(10-7-19)30-13-12-28-18-30/h6-14,16,18,22,24H,2-5,15,17H2,1H3,(H,29,31)/b21-14+/t22-/m1/s1. The molecule has 6 nitrogen and oxygen atoms in total. The minimum Gasteiger partial charge on any atom is -0.493 e. The largest absolute Gasteiger partial charge is 0.493 e. The molecule has 33 heavy (non-hydrogen) atoms. The lowest BCUT2D eigenvalue weighted by molar-refractivity contribution is -0.118. The number of amides is 1. The van der Waals surface area contributed by atoms with Crippen molar-refractivity contribution in [3.63, 3.8) is 0 Å². The number of carbonyl (C=O) groups excluding carboxylic acids is 1. The van der Waals surface area contributed by atoms with Crippen LogP contribution in [-0.4, -0.2) is 35.2 Å². The van der Waals surface area contributed by atoms with Crippen molar-refractivity contribution < 1.29 is 14.3 Å². The molecule has 0 unspecified atom stereocenters. The fourth-order valence-electron chi connectivity index (χ4n) is 4.70. The van der Waals surface area contributed by atoms with E-state index in [0.29, 0.717) is 13.0 Å². The molecule has 2 aromatic carbocycles. The number of hydrogen-bond donors (Lipinski definition) is 1. The minimum atomic E-state index is 0.000812. The topological polar surface area (TPSA) is 65.4 Å². The monoisotopic (exact) mass is 443 g/mol. The minimum absolute atomic E-state index is 0.000812. The summed E-state index contributed by atoms with van der Waals surface area (Å²) in [6.07, 6.45) is 13.0. The predicted molar refractivity (Wildman–Crippen MR) is 128 cm³/mol. The van der Waals surface area contributed by atoms with Crippen molar-refractivity contribution in [3.8, 4) is 17.2 Å². The summed E-state index contributed by atoms with van der Waals surface area (Å²) >= 11 is 0. The molecule has 1 aromatic heterocycles. The number of hydrogen-bond acceptors (Lipinski definition) is 4. The van der Waals surface area contributed by atoms with Gasteiger partial charge in [0.1, 0.15) is 0 Å². The molecule has 0 bridgehead atoms. The molecule has 1 atom stereocenters. The third-order valence-electron chi connectivity index (χ3n) is 6.56. The second kappa shape index (κ2) is 9.53. The maximum absolute atomic E-state index is 12.6. The molecule has 5 rings (SSSR count). The van der Waals surface area contributed by atoms with Crippen LogP contribution in [0.5, 0.6) is 11.5 Å². The van der Waals surface area contributed by atoms with Gasteiger partial charge in [-0.25, -0.2) is 4.98 Å². The van der Waals surface area contributed by atoms with Crippen LogP contribution in [0.25, 0.3) is 11.8 Å². The summed E-state index contributed by atoms with van der Waals surface area (Å²) in [5.41, 5.74) is 3.99. The van der Waals surface area contributed by atoms with Gasteiger partial charge in [-0.05, 0) is 73.6 Å². The summed E-state index contributed by atoms with van der Waals surface area (Å²) in [7, 11) is 1.68. The number of carbonyl (C=O) groups is 1. The lowest BCUT2D eigenvalue weighted by Gasteiger charge is -2.26. The molecule has 1 amide bonds. The molecule has 2 heterocycles. The quantitative estimate of drug-likeness (QED) is 0.551. The lowest BCUT2D eigenvalue weighted by Crippen LogP contribution is -2.35. The van der Waals surface area contributed by atoms with Gasteiger partial charge in [-0.15, -0.1) is 0 Å². The zero-order chi connectivity index (χ0) is 22.6. The van der Waals surface area contributed by atoms with Gasteiger partial charge in [0.05, 0.1) is 19.5 Å². The van der Waals surface area contributed by atoms with Crippen molar-refractivity contribution in [1.29, 1.82) is 0 Å². The van der Waals surface area contributed by atoms with Gasteiger partial charge in [-0.2, -0.15) is 0 Å². The molecule has 1 saturated carbocycles. The summed E-state index contributed by atoms with van der Waals surface area (Å²) in [6, 6.07) is 14.3. The van der Waals surface area contributed by atoms with Crippen LogP contribution >= 0.6 is 0 Å². The molecule has 6 heteroatoms. The van der Waals surface area contributed by atoms with Crippen LogP contribution in [0.4, 0.5) is 0 Å². The molecule has 1 N–H and O–H groups in total. The van der Waals surface area contributed by atoms with E-state index in [9.17, 15) is 4.79 Å². The van der Waals surface area contributed by atoms with Gasteiger partial charge in [0, 0.05) is 36.1 Å². The number of nitrogens with one attached hydrogen (secondary N) is 1. The Balaban J connectivity index is 1.34. The average molecular weight is 444 g/mol. The number of imidazole rings is 1. The van der Waals surface area contributed by atoms with Crippen molar-refractivity contribution in [2.75, 3.05) is 13.7 Å². The predicted octanol–water partition coefficient (Wildman–Crippen LogP) is 4.89. The van der Waals surface area contributed by atoms with E-state index in [-0.39, 0.29) is 17.9 Å². The fourth-order valence-corrected chi connectivity index (χ4v) is 4.70. The van der Waals surface area contributed by atoms with E-state index in [2.05, 4.69) is 22.4 Å². The van der Waals surface area contributed by atoms with Gasteiger partial charge in [0.15, 0.2) is 11.5 Å². The Hall–Kier alpha value is -3.54. The summed E-state index contributed by atoms with van der Waals surface area (Å²) in [4.78, 5) is 16.7. The van der Waals surface area contributed by atoms with E-state index in [4.69, 9.17) is 9.47 Å². The smallest absolute Gasteiger partial charge is 0.247 e. The van der Waals surface area contributed by atoms with Gasteiger partial charge in [-0.1, -0.05) is 18.2 Å². The highest BCUT2D eigenvalue weighted by Gasteiger charge is 2.26. The summed E-state index contributed by atoms with van der Waals surface area (Å²) in [5, 5.41) is 3.06. The molecule has 2 aliphatic rings. The third kappa shape index (κ3) is 4.80. The molecule has 1 saturated heterocycles. The highest BCUT2D eigenvalue weighted by molar-refractivity contribution is 5.98. The Morgan fingerprint density at radius 2 is 1.91 bits per heavy atom. The maximum Gasteiger partial charge on any atom is 0.247 e. The van der Waals surface area contributed by atoms with E-state index < -0.39 is 0 Å². The van der Waals surface area contributed by atoms with Crippen molar-refractivity contribution in [1.82, 2.24) is 14.9 Å². The second-order valence-electron chi connectivity index (χ2n) is 8.78. The van der Waals surface area contributed by atoms with Crippen LogP contribution in [0.1, 0.15) is 49.1 Å². The first-order chi connectivity index (χ1) is 16.2. The lowest BCUT2D eigenvalue weighted by atomic mass is 9.87. The van der Waals surface area contributed by atoms with Crippen LogP contribution in [0.2, 0.25) is 0 Å². The molecule has 170 valence electrons. The normalized spacial score (nSPS) is 20.1. The molecule has 1 aliphatic carbocycles. The molecular formula is C27H29N3O3. The SMILES string of the molecule is COc1ccc([C@H]2CNC(=O)/C(=C/c3ccc(-n4ccnc4)cc3)C2)cc1OC1CCCC1. The Kier molecular flexibility index (Phi) is 6.15. The first-order valence-corrected chi connectivity index (χ1v) is 11.6. The molecular weight excluding hydrogens is 414 g/mol. The van der Waals surface area contributed by atoms with Gasteiger partial charge < -0.3 is 19.4 Å². The fraction of sp³-hybridized carbons (Fsp3) is 0.333. The molecule has 1 aliphatic heterocycles. The van der Waals surface area contributed by atoms with Crippen molar-refractivity contribution in [3.05, 3.63) is 77.9 Å². The Bertz CT molecular complexity index is 1130. The summed E-state index contributed by atoms with van der Waals surface area (Å²) in [6.45, 7) is 0.616. The van der Waals surface area contributed by atoms with Crippen LogP contribution < -0.4 is 14.8 Å². The maximum atomic E-state index is 12.6. The van der Waals surface area contributed by atoms with Gasteiger partial charge in [0.2, 0.25) is 5.91 Å². The number of nitrogens with zero attached hydrogens (tertiary/aromatic N) is 2. The van der Waals surface area contributed by atoms with Gasteiger partial charge in [-0.3, -0.25) is 4.79 Å². The van der Waals surface area contributed by atoms with Gasteiger partial charge in [0.25, 0.3) is 0 Å². The van der Waals surface area contributed by atoms with Crippen molar-refractivity contribution in [2.45, 2.75) is 44.1 Å². The van der Waals surface area contributed by atoms with Crippen LogP contribution in [-0.2, 0) is 4.79 Å². The second-order valence-corrected chi connectivity index (χ2v) is 8.78. The van der Waals surface area contributed by atoms with E-state index >= 15 is 0 Å². The number of aromatic nitrogens is 2. The van der Waals surface area contributed by atoms with Crippen LogP contribution in [0.3, 0.4) is 0 Å². The third-order valence-corrected chi connectivity index (χ3v) is 6.56. The number of benzene rings is 2. The zero-order valence-electron chi connectivity index (χ0n) is 18.9. The van der Waals surface area contributed by atoms with E-state index in [0.717, 1.165) is 46.7 Å². The highest BCUT2D eigenvalue weighted by Crippen LogP contribution is 2.36. The number of rotatable bonds is 6. The van der Waals surface area contributed by atoms with Crippen LogP contribution in [0.15, 0.2) is 66.8 Å². The number of ether oxygens (including phenoxy) is 2. The van der Waals surface area contributed by atoms with E-state index in [1.165, 1.54) is 12.8 Å². The Labute approximate surface area is 194 Å². The molecule has 3 aromatic rings. The summed E-state index contributed by atoms with van der Waals surface area (Å²) in [5.74, 6) is 1.76. The van der Waals surface area contributed by atoms with E-state index in [1.54, 1.807) is 19.6 Å².